The van der Waals surface area contributed by atoms with Crippen molar-refractivity contribution in [1.29, 1.82) is 0 Å². The lowest BCUT2D eigenvalue weighted by molar-refractivity contribution is -0.365. The van der Waals surface area contributed by atoms with Crippen molar-refractivity contribution < 1.29 is 174 Å². The molecule has 31 atom stereocenters. The fourth-order valence-corrected chi connectivity index (χ4v) is 15.1. The van der Waals surface area contributed by atoms with Crippen LogP contribution in [-0.2, 0) is 66.3 Å². The Bertz CT molecular complexity index is 2230. The lowest BCUT2D eigenvalue weighted by atomic mass is 9.82. The quantitative estimate of drug-likeness (QED) is 0.0253. The molecule has 0 aromatic heterocycles. The van der Waals surface area contributed by atoms with Gasteiger partial charge in [0.15, 0.2) is 31.5 Å². The van der Waals surface area contributed by atoms with E-state index in [1.165, 1.54) is 0 Å². The first kappa shape index (κ1) is 90.8. The van der Waals surface area contributed by atoms with Crippen molar-refractivity contribution >= 4 is 0 Å². The van der Waals surface area contributed by atoms with Crippen molar-refractivity contribution in [2.75, 3.05) is 92.5 Å². The van der Waals surface area contributed by atoms with E-state index in [0.29, 0.717) is 13.2 Å². The van der Waals surface area contributed by atoms with E-state index in [9.17, 15) is 107 Å². The minimum absolute atomic E-state index is 0.122. The number of ether oxygens (including phenoxy) is 14. The fourth-order valence-electron chi connectivity index (χ4n) is 15.1. The van der Waals surface area contributed by atoms with Crippen LogP contribution in [-0.4, -0.2) is 383 Å². The molecule has 0 aromatic rings. The smallest absolute Gasteiger partial charge is 0.187 e. The number of aliphatic hydroxyl groups excluding tert-OH is 20. The van der Waals surface area contributed by atoms with Gasteiger partial charge in [-0.05, 0) is 43.9 Å². The summed E-state index contributed by atoms with van der Waals surface area (Å²) in [4.78, 5) is 0. The first-order valence-electron chi connectivity index (χ1n) is 38.1. The van der Waals surface area contributed by atoms with Crippen molar-refractivity contribution in [1.82, 2.24) is 0 Å². The second-order valence-corrected chi connectivity index (χ2v) is 30.0. The van der Waals surface area contributed by atoms with Gasteiger partial charge in [-0.15, -0.1) is 0 Å². The van der Waals surface area contributed by atoms with Crippen LogP contribution in [0.3, 0.4) is 0 Å². The van der Waals surface area contributed by atoms with Crippen LogP contribution in [0.1, 0.15) is 137 Å². The molecule has 105 heavy (non-hydrogen) atoms. The van der Waals surface area contributed by atoms with E-state index in [0.717, 1.165) is 103 Å². The average Bonchev–Trinajstić information content (AvgIpc) is 1.52. The van der Waals surface area contributed by atoms with Crippen LogP contribution in [0.5, 0.6) is 0 Å². The van der Waals surface area contributed by atoms with Crippen molar-refractivity contribution in [3.63, 3.8) is 0 Å². The lowest BCUT2D eigenvalue weighted by Gasteiger charge is -2.47. The molecule has 0 bridgehead atoms. The number of fused-ring (bicyclic) bond motifs is 1. The summed E-state index contributed by atoms with van der Waals surface area (Å²) in [6, 6.07) is 0. The predicted molar refractivity (Wildman–Crippen MR) is 360 cm³/mol. The second-order valence-electron chi connectivity index (χ2n) is 30.0. The largest absolute Gasteiger partial charge is 0.394 e. The van der Waals surface area contributed by atoms with E-state index in [-0.39, 0.29) is 31.7 Å². The zero-order valence-corrected chi connectivity index (χ0v) is 61.1. The number of rotatable bonds is 48. The van der Waals surface area contributed by atoms with E-state index < -0.39 is 267 Å². The molecule has 7 rings (SSSR count). The second kappa shape index (κ2) is 44.3. The molecule has 21 N–H and O–H groups in total. The standard InChI is InChI=1S/C70H128O35/c1-5-9-13-17-36(18-14-10-6-2)28-92-30-38(31-93-29-37(19-15-11-7-3)20-16-12-8-4)32-94-33-69(34-95-64-57(88)52(83)59(43(25-74)101-64)103-66-54(85)49(80)46(77)40(22-71)98-66,35-96-65-58(89)53(84)60(44(26-75)102-65)104-67-55(86)50(81)47(78)41(23-72)99-67)21-39-63-70(39,91)62(90)61(45(27-76)97-63)105-68-56(87)51(82)48(79)42(24-73)100-68/h36-68,71-91H,5-35H2,1-4H3/t39?,40?,41?,42?,43?,44?,45?,46-,47-,48-,49?,50?,51?,52?,53?,54?,55?,56?,57?,58?,59-,60-,61+,62?,63+,64-,65-,66-,67-,68-,69?,70?/m1/s1. The molecule has 19 unspecified atom stereocenters. The fraction of sp³-hybridized carbons (Fsp3) is 1.00. The Balaban J connectivity index is 1.26. The van der Waals surface area contributed by atoms with E-state index in [1.54, 1.807) is 0 Å². The van der Waals surface area contributed by atoms with Crippen molar-refractivity contribution in [3.8, 4) is 0 Å². The van der Waals surface area contributed by atoms with E-state index in [1.807, 2.05) is 0 Å². The van der Waals surface area contributed by atoms with Crippen LogP contribution < -0.4 is 0 Å². The molecule has 0 aromatic carbocycles. The third-order valence-corrected chi connectivity index (χ3v) is 21.8. The Kier molecular flexibility index (Phi) is 38.3. The minimum atomic E-state index is -2.39. The Morgan fingerprint density at radius 1 is 0.324 bits per heavy atom. The molecule has 618 valence electrons. The summed E-state index contributed by atoms with van der Waals surface area (Å²) in [6.07, 6.45) is -37.7. The zero-order chi connectivity index (χ0) is 76.9. The van der Waals surface area contributed by atoms with Crippen molar-refractivity contribution in [2.45, 2.75) is 320 Å². The molecule has 1 aliphatic carbocycles. The Labute approximate surface area is 613 Å². The first-order valence-corrected chi connectivity index (χ1v) is 38.1. The summed E-state index contributed by atoms with van der Waals surface area (Å²) in [5.41, 5.74) is -4.28. The SMILES string of the molecule is CCCCCC(CCCCC)COCC(COCC(CCCCC)CCCCC)COCC(CO[C@@H]1OC(CO)[C@@H](O[C@H]2OC(CO)[C@@H](O)C(O)C2O)C(O)C1O)(CO[C@@H]1OC(CO)[C@@H](O[C@H]2OC(CO)[C@@H](O)C(O)C2O)C(O)C1O)CC1[C@@H]2OC(CO)[C@H](O[C@H]3OC(CO)[C@@H](O)C(O)C3O)C(O)C12O. The molecule has 0 radical (unpaired) electrons. The maximum Gasteiger partial charge on any atom is 0.187 e. The van der Waals surface area contributed by atoms with Gasteiger partial charge in [0.1, 0.15) is 146 Å². The summed E-state index contributed by atoms with van der Waals surface area (Å²) in [5, 5.41) is 231. The third kappa shape index (κ3) is 23.4. The highest BCUT2D eigenvalue weighted by Gasteiger charge is 2.76. The minimum Gasteiger partial charge on any atom is -0.394 e. The van der Waals surface area contributed by atoms with Gasteiger partial charge in [-0.3, -0.25) is 0 Å². The highest BCUT2D eigenvalue weighted by atomic mass is 16.8. The summed E-state index contributed by atoms with van der Waals surface area (Å²) < 4.78 is 85.7. The number of hydrogen-bond acceptors (Lipinski definition) is 35. The molecule has 35 nitrogen and oxygen atoms in total. The van der Waals surface area contributed by atoms with Crippen LogP contribution >= 0.6 is 0 Å². The maximum atomic E-state index is 12.8. The number of hydrogen-bond donors (Lipinski definition) is 21. The van der Waals surface area contributed by atoms with Gasteiger partial charge in [0.2, 0.25) is 0 Å². The average molecular weight is 1530 g/mol. The highest BCUT2D eigenvalue weighted by Crippen LogP contribution is 2.59. The van der Waals surface area contributed by atoms with Gasteiger partial charge >= 0.3 is 0 Å². The van der Waals surface area contributed by atoms with Gasteiger partial charge in [-0.2, -0.15) is 0 Å². The van der Waals surface area contributed by atoms with Crippen LogP contribution in [0.15, 0.2) is 0 Å². The van der Waals surface area contributed by atoms with Gasteiger partial charge in [-0.25, -0.2) is 0 Å². The van der Waals surface area contributed by atoms with Gasteiger partial charge < -0.3 is 174 Å². The van der Waals surface area contributed by atoms with Crippen LogP contribution in [0, 0.1) is 29.1 Å². The molecular weight excluding hydrogens is 1400 g/mol. The van der Waals surface area contributed by atoms with Crippen LogP contribution in [0.4, 0.5) is 0 Å². The summed E-state index contributed by atoms with van der Waals surface area (Å²) in [6.45, 7) is 2.13. The van der Waals surface area contributed by atoms with Gasteiger partial charge in [0, 0.05) is 30.5 Å². The zero-order valence-electron chi connectivity index (χ0n) is 61.1. The molecule has 0 spiro atoms. The molecule has 0 amide bonds. The van der Waals surface area contributed by atoms with Gasteiger partial charge in [0.25, 0.3) is 0 Å². The maximum absolute atomic E-state index is 12.8. The topological polar surface area (TPSA) is 554 Å². The molecule has 35 heteroatoms. The number of unbranched alkanes of at least 4 members (excludes halogenated alkanes) is 8. The molecule has 6 saturated heterocycles. The molecule has 7 aliphatic rings. The monoisotopic (exact) mass is 1530 g/mol. The third-order valence-electron chi connectivity index (χ3n) is 21.8. The van der Waals surface area contributed by atoms with Crippen LogP contribution in [0.25, 0.3) is 0 Å². The van der Waals surface area contributed by atoms with Crippen molar-refractivity contribution in [3.05, 3.63) is 0 Å². The van der Waals surface area contributed by atoms with Crippen LogP contribution in [0.2, 0.25) is 0 Å². The van der Waals surface area contributed by atoms with E-state index in [4.69, 9.17) is 66.3 Å². The van der Waals surface area contributed by atoms with Gasteiger partial charge in [-0.1, -0.05) is 105 Å². The summed E-state index contributed by atoms with van der Waals surface area (Å²) >= 11 is 0. The Morgan fingerprint density at radius 3 is 0.971 bits per heavy atom. The van der Waals surface area contributed by atoms with Crippen molar-refractivity contribution in [2.24, 2.45) is 29.1 Å². The molecule has 1 saturated carbocycles. The predicted octanol–water partition coefficient (Wildman–Crippen LogP) is -5.47. The molecular formula is C70H128O35. The molecule has 6 heterocycles. The highest BCUT2D eigenvalue weighted by molar-refractivity contribution is 5.24. The van der Waals surface area contributed by atoms with E-state index in [2.05, 4.69) is 27.7 Å². The number of aliphatic hydroxyl groups is 21. The Hall–Kier alpha value is -1.40. The Morgan fingerprint density at radius 2 is 0.629 bits per heavy atom. The summed E-state index contributed by atoms with van der Waals surface area (Å²) in [7, 11) is 0. The molecule has 7 fully saturated rings. The lowest BCUT2D eigenvalue weighted by Crippen LogP contribution is -2.65. The van der Waals surface area contributed by atoms with Gasteiger partial charge in [0.05, 0.1) is 85.4 Å². The summed E-state index contributed by atoms with van der Waals surface area (Å²) in [5.74, 6) is -1.27. The normalized spacial score (nSPS) is 40.9. The van der Waals surface area contributed by atoms with E-state index >= 15 is 0 Å². The first-order chi connectivity index (χ1) is 50.3. The molecule has 6 aliphatic heterocycles.